The molecule has 1 aliphatic heterocycles. The molecule has 0 aromatic carbocycles. The highest BCUT2D eigenvalue weighted by atomic mass is 19.1. The molecule has 2 atom stereocenters. The highest BCUT2D eigenvalue weighted by Gasteiger charge is 2.54. The van der Waals surface area contributed by atoms with Crippen LogP contribution in [0, 0.1) is 5.92 Å². The molecular weight excluding hydrogens is 443 g/mol. The van der Waals surface area contributed by atoms with E-state index in [1.165, 1.54) is 20.9 Å². The number of rotatable bonds is 9. The summed E-state index contributed by atoms with van der Waals surface area (Å²) in [4.78, 5) is 31.0. The number of hydrogen-bond acceptors (Lipinski definition) is 6. The minimum absolute atomic E-state index is 0.0417. The van der Waals surface area contributed by atoms with Crippen LogP contribution in [-0.4, -0.2) is 75.8 Å². The van der Waals surface area contributed by atoms with Crippen molar-refractivity contribution < 1.29 is 33.7 Å². The second-order valence-corrected chi connectivity index (χ2v) is 10.7. The van der Waals surface area contributed by atoms with Gasteiger partial charge in [0.25, 0.3) is 0 Å². The number of carboxylic acid groups (broad SMARTS) is 1. The highest BCUT2D eigenvalue weighted by Crippen LogP contribution is 2.38. The molecule has 8 nitrogen and oxygen atoms in total. The normalized spacial score (nSPS) is 18.1. The van der Waals surface area contributed by atoms with Crippen molar-refractivity contribution in [2.45, 2.75) is 83.0 Å². The lowest BCUT2D eigenvalue weighted by Crippen LogP contribution is -2.64. The van der Waals surface area contributed by atoms with Crippen molar-refractivity contribution in [1.82, 2.24) is 9.88 Å². The van der Waals surface area contributed by atoms with Crippen molar-refractivity contribution in [2.24, 2.45) is 5.92 Å². The van der Waals surface area contributed by atoms with E-state index in [-0.39, 0.29) is 6.42 Å². The Balaban J connectivity index is 2.39. The van der Waals surface area contributed by atoms with Crippen molar-refractivity contribution in [3.05, 3.63) is 29.6 Å². The summed E-state index contributed by atoms with van der Waals surface area (Å²) in [6, 6.07) is 3.75. The summed E-state index contributed by atoms with van der Waals surface area (Å²) in [5.41, 5.74) is -3.25. The van der Waals surface area contributed by atoms with Gasteiger partial charge in [-0.15, -0.1) is 0 Å². The largest absolute Gasteiger partial charge is 0.479 e. The fourth-order valence-corrected chi connectivity index (χ4v) is 4.53. The van der Waals surface area contributed by atoms with Crippen LogP contribution in [0.5, 0.6) is 0 Å². The number of aliphatic hydroxyl groups is 1. The van der Waals surface area contributed by atoms with Crippen LogP contribution in [0.25, 0.3) is 0 Å². The molecule has 0 radical (unpaired) electrons. The van der Waals surface area contributed by atoms with Crippen LogP contribution in [0.2, 0.25) is 0 Å². The van der Waals surface area contributed by atoms with E-state index in [2.05, 4.69) is 4.98 Å². The number of hydrogen-bond donors (Lipinski definition) is 2. The van der Waals surface area contributed by atoms with Crippen LogP contribution in [0.15, 0.2) is 18.3 Å². The number of alkyl halides is 1. The number of aromatic nitrogens is 1. The topological polar surface area (TPSA) is 109 Å². The Hall–Kier alpha value is -2.26. The average Bonchev–Trinajstić information content (AvgIpc) is 2.74. The molecule has 2 rings (SSSR count). The molecule has 9 heteroatoms. The Bertz CT molecular complexity index is 827. The van der Waals surface area contributed by atoms with Crippen LogP contribution >= 0.6 is 0 Å². The van der Waals surface area contributed by atoms with Gasteiger partial charge in [-0.25, -0.2) is 14.0 Å². The smallest absolute Gasteiger partial charge is 0.411 e. The van der Waals surface area contributed by atoms with Crippen molar-refractivity contribution in [3.63, 3.8) is 0 Å². The fourth-order valence-electron chi connectivity index (χ4n) is 4.53. The second-order valence-electron chi connectivity index (χ2n) is 10.7. The SMILES string of the molecule is CN(C(=O)OC(C)(C)C)[C@](CC(C)(C)F)(C(=O)O)[C@H](CO)Cc1ccc(C2CCOCC2)cn1. The number of pyridine rings is 1. The van der Waals surface area contributed by atoms with Gasteiger partial charge in [0.2, 0.25) is 0 Å². The first-order valence-corrected chi connectivity index (χ1v) is 11.7. The third-order valence-electron chi connectivity index (χ3n) is 6.22. The maximum Gasteiger partial charge on any atom is 0.411 e. The van der Waals surface area contributed by atoms with E-state index >= 15 is 0 Å². The first-order chi connectivity index (χ1) is 15.7. The number of amides is 1. The van der Waals surface area contributed by atoms with E-state index in [0.29, 0.717) is 24.8 Å². The first kappa shape index (κ1) is 28.0. The number of likely N-dealkylation sites (N-methyl/N-ethyl adjacent to an activating group) is 1. The number of nitrogens with zero attached hydrogens (tertiary/aromatic N) is 2. The second kappa shape index (κ2) is 11.0. The molecule has 0 saturated carbocycles. The molecule has 0 unspecified atom stereocenters. The lowest BCUT2D eigenvalue weighted by atomic mass is 9.73. The molecule has 1 aromatic heterocycles. The zero-order valence-electron chi connectivity index (χ0n) is 21.1. The van der Waals surface area contributed by atoms with Gasteiger partial charge in [-0.3, -0.25) is 9.88 Å². The van der Waals surface area contributed by atoms with Gasteiger partial charge < -0.3 is 19.7 Å². The van der Waals surface area contributed by atoms with Crippen molar-refractivity contribution in [1.29, 1.82) is 0 Å². The van der Waals surface area contributed by atoms with E-state index < -0.39 is 47.8 Å². The number of halogens is 1. The highest BCUT2D eigenvalue weighted by molar-refractivity contribution is 5.85. The number of carboxylic acids is 1. The zero-order valence-corrected chi connectivity index (χ0v) is 21.1. The third kappa shape index (κ3) is 7.12. The maximum absolute atomic E-state index is 15.0. The molecule has 1 saturated heterocycles. The summed E-state index contributed by atoms with van der Waals surface area (Å²) in [5, 5.41) is 20.6. The lowest BCUT2D eigenvalue weighted by molar-refractivity contribution is -0.159. The van der Waals surface area contributed by atoms with Gasteiger partial charge in [0.15, 0.2) is 5.54 Å². The number of aliphatic carboxylic acids is 1. The Morgan fingerprint density at radius 2 is 1.85 bits per heavy atom. The summed E-state index contributed by atoms with van der Waals surface area (Å²) in [7, 11) is 1.28. The summed E-state index contributed by atoms with van der Waals surface area (Å²) < 4.78 is 25.7. The molecule has 0 bridgehead atoms. The molecule has 1 aliphatic rings. The summed E-state index contributed by atoms with van der Waals surface area (Å²) in [6.45, 7) is 8.31. The minimum Gasteiger partial charge on any atom is -0.479 e. The standard InChI is InChI=1S/C25H39FN2O6/c1-23(2,3)34-22(32)28(6)25(21(30)31,16-24(4,5)26)19(15-29)13-20-8-7-18(14-27-20)17-9-11-33-12-10-17/h7-8,14,17,19,29H,9-13,15-16H2,1-6H3,(H,30,31)/t19-,25-/m0/s1. The number of carbonyl (C=O) groups is 2. The molecular formula is C25H39FN2O6. The minimum atomic E-state index is -2.06. The van der Waals surface area contributed by atoms with Gasteiger partial charge in [-0.1, -0.05) is 6.07 Å². The van der Waals surface area contributed by atoms with E-state index in [9.17, 15) is 24.2 Å². The number of ether oxygens (including phenoxy) is 2. The maximum atomic E-state index is 15.0. The van der Waals surface area contributed by atoms with Gasteiger partial charge in [0.05, 0.1) is 0 Å². The Labute approximate surface area is 201 Å². The molecule has 2 heterocycles. The van der Waals surface area contributed by atoms with Crippen LogP contribution < -0.4 is 0 Å². The number of aliphatic hydroxyl groups excluding tert-OH is 1. The molecule has 1 amide bonds. The number of carbonyl (C=O) groups excluding carboxylic acids is 1. The molecule has 2 N–H and O–H groups in total. The Morgan fingerprint density at radius 3 is 2.29 bits per heavy atom. The van der Waals surface area contributed by atoms with Crippen molar-refractivity contribution in [3.8, 4) is 0 Å². The summed E-state index contributed by atoms with van der Waals surface area (Å²) in [5.74, 6) is -2.09. The predicted molar refractivity (Wildman–Crippen MR) is 125 cm³/mol. The fraction of sp³-hybridized carbons (Fsp3) is 0.720. The van der Waals surface area contributed by atoms with E-state index in [1.54, 1.807) is 33.0 Å². The molecule has 0 spiro atoms. The van der Waals surface area contributed by atoms with Crippen molar-refractivity contribution in [2.75, 3.05) is 26.9 Å². The van der Waals surface area contributed by atoms with E-state index in [4.69, 9.17) is 9.47 Å². The van der Waals surface area contributed by atoms with Gasteiger partial charge in [-0.2, -0.15) is 0 Å². The van der Waals surface area contributed by atoms with Gasteiger partial charge in [0.1, 0.15) is 11.3 Å². The van der Waals surface area contributed by atoms with Crippen LogP contribution in [0.3, 0.4) is 0 Å². The summed E-state index contributed by atoms with van der Waals surface area (Å²) >= 11 is 0. The van der Waals surface area contributed by atoms with Crippen LogP contribution in [0.4, 0.5) is 9.18 Å². The van der Waals surface area contributed by atoms with Gasteiger partial charge in [-0.05, 0) is 71.4 Å². The van der Waals surface area contributed by atoms with E-state index in [1.807, 2.05) is 6.07 Å². The molecule has 1 fully saturated rings. The van der Waals surface area contributed by atoms with E-state index in [0.717, 1.165) is 23.3 Å². The van der Waals surface area contributed by atoms with Crippen molar-refractivity contribution >= 4 is 12.1 Å². The quantitative estimate of drug-likeness (QED) is 0.548. The van der Waals surface area contributed by atoms with Gasteiger partial charge in [0, 0.05) is 51.1 Å². The Kier molecular flexibility index (Phi) is 9.04. The lowest BCUT2D eigenvalue weighted by Gasteiger charge is -2.45. The third-order valence-corrected chi connectivity index (χ3v) is 6.22. The molecule has 1 aromatic rings. The predicted octanol–water partition coefficient (Wildman–Crippen LogP) is 3.96. The Morgan fingerprint density at radius 1 is 1.24 bits per heavy atom. The van der Waals surface area contributed by atoms with Gasteiger partial charge >= 0.3 is 12.1 Å². The average molecular weight is 483 g/mol. The van der Waals surface area contributed by atoms with Crippen LogP contribution in [-0.2, 0) is 20.7 Å². The molecule has 0 aliphatic carbocycles. The molecule has 34 heavy (non-hydrogen) atoms. The molecule has 192 valence electrons. The van der Waals surface area contributed by atoms with Crippen LogP contribution in [0.1, 0.15) is 71.1 Å². The first-order valence-electron chi connectivity index (χ1n) is 11.7. The zero-order chi connectivity index (χ0) is 25.7. The monoisotopic (exact) mass is 482 g/mol. The summed E-state index contributed by atoms with van der Waals surface area (Å²) in [6.07, 6.45) is 2.19.